The Morgan fingerprint density at radius 2 is 1.83 bits per heavy atom. The molecule has 0 heterocycles. The second kappa shape index (κ2) is 6.36. The van der Waals surface area contributed by atoms with Crippen LogP contribution in [-0.2, 0) is 0 Å². The number of anilines is 1. The van der Waals surface area contributed by atoms with E-state index in [-0.39, 0.29) is 5.69 Å². The molecule has 8 nitrogen and oxygen atoms in total. The van der Waals surface area contributed by atoms with Gasteiger partial charge in [0.2, 0.25) is 0 Å². The van der Waals surface area contributed by atoms with Crippen LogP contribution in [0.2, 0.25) is 5.02 Å². The molecule has 0 aliphatic carbocycles. The number of hydrogen-bond donors (Lipinski definition) is 1. The SMILES string of the molecule is O=C(Nc1cccc(F)c1)c1cc([N+](=O)[O-])cc([N+](=O)[O-])c1Cl. The minimum absolute atomic E-state index is 0.0697. The summed E-state index contributed by atoms with van der Waals surface area (Å²) < 4.78 is 13.1. The summed E-state index contributed by atoms with van der Waals surface area (Å²) >= 11 is 5.77. The monoisotopic (exact) mass is 339 g/mol. The Bertz CT molecular complexity index is 827. The van der Waals surface area contributed by atoms with Crippen LogP contribution in [0, 0.1) is 26.0 Å². The fraction of sp³-hybridized carbons (Fsp3) is 0. The second-order valence-electron chi connectivity index (χ2n) is 4.31. The van der Waals surface area contributed by atoms with Gasteiger partial charge in [-0.15, -0.1) is 0 Å². The van der Waals surface area contributed by atoms with Crippen LogP contribution in [-0.4, -0.2) is 15.8 Å². The predicted molar refractivity (Wildman–Crippen MR) is 79.1 cm³/mol. The molecule has 0 aliphatic rings. The average Bonchev–Trinajstić information content (AvgIpc) is 2.46. The van der Waals surface area contributed by atoms with E-state index < -0.39 is 43.5 Å². The van der Waals surface area contributed by atoms with Gasteiger partial charge in [-0.3, -0.25) is 25.0 Å². The first kappa shape index (κ1) is 16.3. The van der Waals surface area contributed by atoms with E-state index in [4.69, 9.17) is 11.6 Å². The van der Waals surface area contributed by atoms with Gasteiger partial charge in [0.1, 0.15) is 10.8 Å². The lowest BCUT2D eigenvalue weighted by atomic mass is 10.1. The number of nitrogens with zero attached hydrogens (tertiary/aromatic N) is 2. The molecule has 0 unspecified atom stereocenters. The summed E-state index contributed by atoms with van der Waals surface area (Å²) in [6, 6.07) is 6.34. The van der Waals surface area contributed by atoms with Gasteiger partial charge < -0.3 is 5.32 Å². The number of halogens is 2. The van der Waals surface area contributed by atoms with Crippen molar-refractivity contribution in [3.05, 3.63) is 73.0 Å². The summed E-state index contributed by atoms with van der Waals surface area (Å²) in [6.07, 6.45) is 0. The minimum Gasteiger partial charge on any atom is -0.322 e. The maximum absolute atomic E-state index is 13.1. The van der Waals surface area contributed by atoms with Crippen molar-refractivity contribution in [1.29, 1.82) is 0 Å². The number of amides is 1. The lowest BCUT2D eigenvalue weighted by molar-refractivity contribution is -0.394. The molecule has 2 rings (SSSR count). The molecular formula is C13H7ClFN3O5. The third-order valence-electron chi connectivity index (χ3n) is 2.77. The first-order chi connectivity index (χ1) is 10.8. The van der Waals surface area contributed by atoms with Crippen LogP contribution >= 0.6 is 11.6 Å². The highest BCUT2D eigenvalue weighted by molar-refractivity contribution is 6.36. The first-order valence-corrected chi connectivity index (χ1v) is 6.36. The van der Waals surface area contributed by atoms with Crippen LogP contribution in [0.1, 0.15) is 10.4 Å². The number of nitro benzene ring substituents is 2. The number of hydrogen-bond acceptors (Lipinski definition) is 5. The Labute approximate surface area is 132 Å². The summed E-state index contributed by atoms with van der Waals surface area (Å²) in [6.45, 7) is 0. The largest absolute Gasteiger partial charge is 0.322 e. The molecule has 0 atom stereocenters. The van der Waals surface area contributed by atoms with Gasteiger partial charge in [0.15, 0.2) is 0 Å². The van der Waals surface area contributed by atoms with Crippen LogP contribution in [0.15, 0.2) is 36.4 Å². The van der Waals surface area contributed by atoms with Crippen LogP contribution in [0.4, 0.5) is 21.5 Å². The first-order valence-electron chi connectivity index (χ1n) is 5.99. The Balaban J connectivity index is 2.46. The fourth-order valence-corrected chi connectivity index (χ4v) is 2.03. The number of rotatable bonds is 4. The van der Waals surface area contributed by atoms with Crippen LogP contribution < -0.4 is 5.32 Å². The molecule has 0 spiro atoms. The van der Waals surface area contributed by atoms with Gasteiger partial charge in [0, 0.05) is 11.8 Å². The third-order valence-corrected chi connectivity index (χ3v) is 3.17. The standard InChI is InChI=1S/C13H7ClFN3O5/c14-12-10(5-9(17(20)21)6-11(12)18(22)23)13(19)16-8-3-1-2-7(15)4-8/h1-6H,(H,16,19). The molecule has 10 heteroatoms. The molecule has 0 bridgehead atoms. The van der Waals surface area contributed by atoms with E-state index in [1.807, 2.05) is 0 Å². The maximum Gasteiger partial charge on any atom is 0.295 e. The highest BCUT2D eigenvalue weighted by Crippen LogP contribution is 2.33. The smallest absolute Gasteiger partial charge is 0.295 e. The van der Waals surface area contributed by atoms with Gasteiger partial charge in [-0.2, -0.15) is 0 Å². The minimum atomic E-state index is -0.938. The molecule has 1 amide bonds. The normalized spacial score (nSPS) is 10.2. The molecule has 0 saturated heterocycles. The number of carbonyl (C=O) groups is 1. The summed E-state index contributed by atoms with van der Waals surface area (Å²) in [5.74, 6) is -1.55. The lowest BCUT2D eigenvalue weighted by Gasteiger charge is -2.07. The molecule has 2 aromatic rings. The van der Waals surface area contributed by atoms with Crippen molar-refractivity contribution in [3.63, 3.8) is 0 Å². The Hall–Kier alpha value is -3.07. The molecular weight excluding hydrogens is 333 g/mol. The molecule has 23 heavy (non-hydrogen) atoms. The van der Waals surface area contributed by atoms with E-state index in [0.29, 0.717) is 6.07 Å². The van der Waals surface area contributed by atoms with E-state index in [2.05, 4.69) is 5.32 Å². The zero-order valence-corrected chi connectivity index (χ0v) is 11.9. The van der Waals surface area contributed by atoms with Gasteiger partial charge in [-0.05, 0) is 18.2 Å². The molecule has 0 aromatic heterocycles. The van der Waals surface area contributed by atoms with E-state index in [1.165, 1.54) is 12.1 Å². The maximum atomic E-state index is 13.1. The van der Waals surface area contributed by atoms with Crippen molar-refractivity contribution >= 4 is 34.6 Å². The highest BCUT2D eigenvalue weighted by Gasteiger charge is 2.26. The average molecular weight is 340 g/mol. The van der Waals surface area contributed by atoms with E-state index in [9.17, 15) is 29.4 Å². The molecule has 2 aromatic carbocycles. The Morgan fingerprint density at radius 1 is 1.13 bits per heavy atom. The summed E-state index contributed by atoms with van der Waals surface area (Å²) in [4.78, 5) is 32.0. The molecule has 0 aliphatic heterocycles. The highest BCUT2D eigenvalue weighted by atomic mass is 35.5. The number of nitro groups is 2. The van der Waals surface area contributed by atoms with Crippen molar-refractivity contribution in [2.24, 2.45) is 0 Å². The van der Waals surface area contributed by atoms with Crippen molar-refractivity contribution < 1.29 is 19.0 Å². The molecule has 1 N–H and O–H groups in total. The Kier molecular flexibility index (Phi) is 4.51. The van der Waals surface area contributed by atoms with E-state index >= 15 is 0 Å². The van der Waals surface area contributed by atoms with Gasteiger partial charge in [0.05, 0.1) is 21.5 Å². The number of non-ortho nitro benzene ring substituents is 1. The lowest BCUT2D eigenvalue weighted by Crippen LogP contribution is -2.13. The predicted octanol–water partition coefficient (Wildman–Crippen LogP) is 3.55. The van der Waals surface area contributed by atoms with Gasteiger partial charge in [-0.1, -0.05) is 17.7 Å². The van der Waals surface area contributed by atoms with Crippen molar-refractivity contribution in [3.8, 4) is 0 Å². The summed E-state index contributed by atoms with van der Waals surface area (Å²) in [5.41, 5.74) is -1.83. The summed E-state index contributed by atoms with van der Waals surface area (Å²) in [7, 11) is 0. The van der Waals surface area contributed by atoms with Gasteiger partial charge >= 0.3 is 0 Å². The number of carbonyl (C=O) groups excluding carboxylic acids is 1. The van der Waals surface area contributed by atoms with Gasteiger partial charge in [-0.25, -0.2) is 4.39 Å². The molecule has 0 radical (unpaired) electrons. The van der Waals surface area contributed by atoms with Crippen molar-refractivity contribution in [2.45, 2.75) is 0 Å². The van der Waals surface area contributed by atoms with E-state index in [0.717, 1.165) is 18.2 Å². The van der Waals surface area contributed by atoms with Crippen LogP contribution in [0.5, 0.6) is 0 Å². The molecule has 0 fully saturated rings. The summed E-state index contributed by atoms with van der Waals surface area (Å²) in [5, 5.41) is 23.4. The molecule has 118 valence electrons. The number of nitrogens with one attached hydrogen (secondary N) is 1. The zero-order chi connectivity index (χ0) is 17.1. The van der Waals surface area contributed by atoms with Gasteiger partial charge in [0.25, 0.3) is 17.3 Å². The van der Waals surface area contributed by atoms with Crippen molar-refractivity contribution in [2.75, 3.05) is 5.32 Å². The zero-order valence-electron chi connectivity index (χ0n) is 11.2. The molecule has 0 saturated carbocycles. The Morgan fingerprint density at radius 3 is 2.39 bits per heavy atom. The second-order valence-corrected chi connectivity index (χ2v) is 4.68. The van der Waals surface area contributed by atoms with Crippen LogP contribution in [0.3, 0.4) is 0 Å². The van der Waals surface area contributed by atoms with Crippen molar-refractivity contribution in [1.82, 2.24) is 0 Å². The quantitative estimate of drug-likeness (QED) is 0.675. The third kappa shape index (κ3) is 3.58. The topological polar surface area (TPSA) is 115 Å². The number of benzene rings is 2. The fourth-order valence-electron chi connectivity index (χ4n) is 1.76. The van der Waals surface area contributed by atoms with E-state index in [1.54, 1.807) is 0 Å². The van der Waals surface area contributed by atoms with Crippen LogP contribution in [0.25, 0.3) is 0 Å².